The number of benzene rings is 2. The van der Waals surface area contributed by atoms with Crippen LogP contribution in [0, 0.1) is 26.1 Å². The average Bonchev–Trinajstić information content (AvgIpc) is 2.95. The molecule has 2 aliphatic rings. The molecule has 2 aliphatic heterocycles. The maximum atomic E-state index is 14.1. The van der Waals surface area contributed by atoms with Crippen molar-refractivity contribution < 1.29 is 45.7 Å². The van der Waals surface area contributed by atoms with E-state index in [2.05, 4.69) is 0 Å². The second kappa shape index (κ2) is 12.5. The molecule has 0 N–H and O–H groups in total. The molecule has 11 nitrogen and oxygen atoms in total. The zero-order chi connectivity index (χ0) is 32.6. The highest BCUT2D eigenvalue weighted by Gasteiger charge is 2.41. The summed E-state index contributed by atoms with van der Waals surface area (Å²) in [7, 11) is 0. The number of hydrogen-bond acceptors (Lipinski definition) is 9. The summed E-state index contributed by atoms with van der Waals surface area (Å²) < 4.78 is 87.2. The van der Waals surface area contributed by atoms with Crippen molar-refractivity contribution >= 4 is 46.0 Å². The van der Waals surface area contributed by atoms with E-state index < -0.39 is 61.6 Å². The number of esters is 1. The SMILES string of the molecule is CCOC(=O)C1CCN(c2cc(N3CCN(c4cc(Cl)c(C(F)(F)F)cc4[N+](=O)[O-])CC3)c([N+](=O)[O-])cc2C(F)(F)F)CC1. The second-order valence-electron chi connectivity index (χ2n) is 10.2. The number of anilines is 3. The van der Waals surface area contributed by atoms with Crippen molar-refractivity contribution in [1.29, 1.82) is 0 Å². The van der Waals surface area contributed by atoms with Gasteiger partial charge in [-0.1, -0.05) is 11.6 Å². The maximum Gasteiger partial charge on any atom is 0.418 e. The fourth-order valence-electron chi connectivity index (χ4n) is 5.43. The lowest BCUT2D eigenvalue weighted by atomic mass is 9.95. The molecular weight excluding hydrogens is 628 g/mol. The average molecular weight is 654 g/mol. The topological polar surface area (TPSA) is 122 Å². The normalized spacial score (nSPS) is 16.7. The van der Waals surface area contributed by atoms with Crippen molar-refractivity contribution in [2.24, 2.45) is 5.92 Å². The fourth-order valence-corrected chi connectivity index (χ4v) is 5.69. The summed E-state index contributed by atoms with van der Waals surface area (Å²) in [5.41, 5.74) is -4.86. The van der Waals surface area contributed by atoms with E-state index in [1.54, 1.807) is 6.92 Å². The molecule has 240 valence electrons. The number of alkyl halides is 6. The van der Waals surface area contributed by atoms with Crippen LogP contribution < -0.4 is 14.7 Å². The van der Waals surface area contributed by atoms with Crippen LogP contribution in [0.15, 0.2) is 24.3 Å². The first kappa shape index (κ1) is 32.9. The number of carbonyl (C=O) groups is 1. The molecule has 0 spiro atoms. The molecule has 0 aromatic heterocycles. The number of nitro groups is 2. The van der Waals surface area contributed by atoms with Gasteiger partial charge in [0.15, 0.2) is 0 Å². The van der Waals surface area contributed by atoms with Crippen LogP contribution in [0.1, 0.15) is 30.9 Å². The summed E-state index contributed by atoms with van der Waals surface area (Å²) in [5.74, 6) is -0.936. The summed E-state index contributed by atoms with van der Waals surface area (Å²) in [5, 5.41) is 22.8. The van der Waals surface area contributed by atoms with Crippen molar-refractivity contribution in [3.05, 3.63) is 60.6 Å². The van der Waals surface area contributed by atoms with E-state index in [1.807, 2.05) is 0 Å². The van der Waals surface area contributed by atoms with Crippen molar-refractivity contribution in [2.75, 3.05) is 60.6 Å². The van der Waals surface area contributed by atoms with Gasteiger partial charge in [-0.25, -0.2) is 0 Å². The van der Waals surface area contributed by atoms with Gasteiger partial charge in [0.05, 0.1) is 44.2 Å². The number of piperazine rings is 1. The molecule has 0 saturated carbocycles. The first-order valence-corrected chi connectivity index (χ1v) is 13.8. The van der Waals surface area contributed by atoms with Gasteiger partial charge < -0.3 is 19.4 Å². The molecule has 2 aromatic carbocycles. The van der Waals surface area contributed by atoms with Crippen LogP contribution in [0.2, 0.25) is 5.02 Å². The van der Waals surface area contributed by atoms with Crippen LogP contribution >= 0.6 is 11.6 Å². The van der Waals surface area contributed by atoms with E-state index in [9.17, 15) is 51.4 Å². The second-order valence-corrected chi connectivity index (χ2v) is 10.6. The summed E-state index contributed by atoms with van der Waals surface area (Å²) in [6.07, 6.45) is -9.44. The van der Waals surface area contributed by atoms with Gasteiger partial charge in [-0.05, 0) is 31.9 Å². The Morgan fingerprint density at radius 1 is 0.795 bits per heavy atom. The van der Waals surface area contributed by atoms with Gasteiger partial charge in [-0.2, -0.15) is 26.3 Å². The first-order valence-electron chi connectivity index (χ1n) is 13.4. The van der Waals surface area contributed by atoms with Crippen molar-refractivity contribution in [1.82, 2.24) is 0 Å². The lowest BCUT2D eigenvalue weighted by molar-refractivity contribution is -0.384. The fraction of sp³-hybridized carbons (Fsp3) is 0.500. The molecule has 0 amide bonds. The molecule has 0 unspecified atom stereocenters. The summed E-state index contributed by atoms with van der Waals surface area (Å²) in [6.45, 7) is 1.67. The van der Waals surface area contributed by atoms with Crippen LogP contribution in [0.5, 0.6) is 0 Å². The minimum atomic E-state index is -4.94. The van der Waals surface area contributed by atoms with Crippen molar-refractivity contribution in [3.63, 3.8) is 0 Å². The number of hydrogen-bond donors (Lipinski definition) is 0. The number of piperidine rings is 1. The summed E-state index contributed by atoms with van der Waals surface area (Å²) in [4.78, 5) is 38.0. The van der Waals surface area contributed by atoms with E-state index in [1.165, 1.54) is 14.7 Å². The first-order chi connectivity index (χ1) is 20.5. The van der Waals surface area contributed by atoms with Crippen LogP contribution in [0.4, 0.5) is 54.8 Å². The number of ether oxygens (including phenoxy) is 1. The molecule has 4 rings (SSSR count). The zero-order valence-corrected chi connectivity index (χ0v) is 23.8. The van der Waals surface area contributed by atoms with Gasteiger partial charge >= 0.3 is 18.3 Å². The third-order valence-corrected chi connectivity index (χ3v) is 7.89. The third-order valence-electron chi connectivity index (χ3n) is 7.58. The minimum absolute atomic E-state index is 0.0631. The standard InChI is InChI=1S/C26H26ClF6N5O6/c1-2-44-24(39)15-3-5-34(6-4-15)19-14-21(23(38(42)43)12-17(19)26(31,32)33)36-9-7-35(8-10-36)20-13-18(27)16(25(28,29)30)11-22(20)37(40)41/h11-15H,2-10H2,1H3. The van der Waals surface area contributed by atoms with Gasteiger partial charge in [0.2, 0.25) is 0 Å². The Balaban J connectivity index is 1.64. The van der Waals surface area contributed by atoms with Gasteiger partial charge in [-0.3, -0.25) is 25.0 Å². The van der Waals surface area contributed by atoms with Gasteiger partial charge in [0, 0.05) is 51.4 Å². The molecular formula is C26H26ClF6N5O6. The Bertz CT molecular complexity index is 1440. The Morgan fingerprint density at radius 2 is 1.23 bits per heavy atom. The molecule has 2 fully saturated rings. The third kappa shape index (κ3) is 6.87. The monoisotopic (exact) mass is 653 g/mol. The van der Waals surface area contributed by atoms with E-state index in [0.29, 0.717) is 12.1 Å². The molecule has 44 heavy (non-hydrogen) atoms. The molecule has 2 heterocycles. The Kier molecular flexibility index (Phi) is 9.37. The Morgan fingerprint density at radius 3 is 1.66 bits per heavy atom. The Labute approximate surface area is 251 Å². The molecule has 18 heteroatoms. The number of nitro benzene ring substituents is 2. The number of nitrogens with zero attached hydrogens (tertiary/aromatic N) is 5. The van der Waals surface area contributed by atoms with Gasteiger partial charge in [0.25, 0.3) is 11.4 Å². The van der Waals surface area contributed by atoms with E-state index in [0.717, 1.165) is 12.1 Å². The molecule has 0 aliphatic carbocycles. The molecule has 0 atom stereocenters. The maximum absolute atomic E-state index is 14.1. The van der Waals surface area contributed by atoms with Crippen LogP contribution in [0.3, 0.4) is 0 Å². The molecule has 2 aromatic rings. The Hall–Kier alpha value is -4.02. The summed E-state index contributed by atoms with van der Waals surface area (Å²) >= 11 is 5.80. The lowest BCUT2D eigenvalue weighted by Crippen LogP contribution is -2.47. The smallest absolute Gasteiger partial charge is 0.418 e. The molecule has 0 radical (unpaired) electrons. The zero-order valence-electron chi connectivity index (χ0n) is 23.1. The van der Waals surface area contributed by atoms with Crippen molar-refractivity contribution in [2.45, 2.75) is 32.1 Å². The van der Waals surface area contributed by atoms with Crippen LogP contribution in [0.25, 0.3) is 0 Å². The molecule has 0 bridgehead atoms. The van der Waals surface area contributed by atoms with Crippen LogP contribution in [-0.2, 0) is 21.9 Å². The number of halogens is 7. The van der Waals surface area contributed by atoms with E-state index in [4.69, 9.17) is 16.3 Å². The predicted molar refractivity (Wildman–Crippen MR) is 147 cm³/mol. The van der Waals surface area contributed by atoms with Crippen LogP contribution in [-0.4, -0.2) is 61.7 Å². The van der Waals surface area contributed by atoms with E-state index in [-0.39, 0.29) is 75.8 Å². The lowest BCUT2D eigenvalue weighted by Gasteiger charge is -2.38. The number of carbonyl (C=O) groups excluding carboxylic acids is 1. The highest BCUT2D eigenvalue weighted by Crippen LogP contribution is 2.45. The quantitative estimate of drug-likeness (QED) is 0.147. The van der Waals surface area contributed by atoms with Gasteiger partial charge in [0.1, 0.15) is 11.4 Å². The van der Waals surface area contributed by atoms with Crippen molar-refractivity contribution in [3.8, 4) is 0 Å². The molecule has 2 saturated heterocycles. The minimum Gasteiger partial charge on any atom is -0.466 e. The predicted octanol–water partition coefficient (Wildman–Crippen LogP) is 6.30. The highest BCUT2D eigenvalue weighted by molar-refractivity contribution is 6.31. The summed E-state index contributed by atoms with van der Waals surface area (Å²) in [6, 6.07) is 2.71. The number of rotatable bonds is 7. The van der Waals surface area contributed by atoms with E-state index >= 15 is 0 Å². The largest absolute Gasteiger partial charge is 0.466 e. The highest BCUT2D eigenvalue weighted by atomic mass is 35.5. The van der Waals surface area contributed by atoms with Gasteiger partial charge in [-0.15, -0.1) is 0 Å².